The molecule has 0 fully saturated rings. The molecule has 0 amide bonds. The van der Waals surface area contributed by atoms with Crippen molar-refractivity contribution in [3.63, 3.8) is 0 Å². The van der Waals surface area contributed by atoms with Crippen LogP contribution < -0.4 is 0 Å². The van der Waals surface area contributed by atoms with Crippen molar-refractivity contribution in [1.29, 1.82) is 0 Å². The van der Waals surface area contributed by atoms with E-state index in [0.29, 0.717) is 17.5 Å². The quantitative estimate of drug-likeness (QED) is 0.178. The Morgan fingerprint density at radius 1 is 0.250 bits per heavy atom. The van der Waals surface area contributed by atoms with E-state index in [1.165, 1.54) is 22.3 Å². The molecule has 5 aromatic carbocycles. The summed E-state index contributed by atoms with van der Waals surface area (Å²) in [5.74, 6) is 1.77. The molecule has 0 unspecified atom stereocenters. The van der Waals surface area contributed by atoms with Crippen LogP contribution in [0.2, 0.25) is 0 Å². The van der Waals surface area contributed by atoms with E-state index in [9.17, 15) is 0 Å². The summed E-state index contributed by atoms with van der Waals surface area (Å²) in [6.07, 6.45) is 7.00. The second kappa shape index (κ2) is 13.0. The third-order valence-corrected chi connectivity index (χ3v) is 8.38. The van der Waals surface area contributed by atoms with Crippen molar-refractivity contribution < 1.29 is 0 Å². The lowest BCUT2D eigenvalue weighted by Crippen LogP contribution is -2.00. The number of hydrogen-bond acceptors (Lipinski definition) is 5. The van der Waals surface area contributed by atoms with E-state index < -0.39 is 0 Å². The summed E-state index contributed by atoms with van der Waals surface area (Å²) in [5, 5.41) is 0. The topological polar surface area (TPSA) is 64.5 Å². The van der Waals surface area contributed by atoms with Gasteiger partial charge in [-0.15, -0.1) is 0 Å². The van der Waals surface area contributed by atoms with Crippen LogP contribution in [0, 0.1) is 0 Å². The number of pyridine rings is 2. The number of nitrogens with zero attached hydrogens (tertiary/aromatic N) is 5. The molecule has 5 nitrogen and oxygen atoms in total. The lowest BCUT2D eigenvalue weighted by Gasteiger charge is -2.17. The van der Waals surface area contributed by atoms with E-state index in [4.69, 9.17) is 15.0 Å². The zero-order valence-corrected chi connectivity index (χ0v) is 26.0. The largest absolute Gasteiger partial charge is 0.265 e. The Hall–Kier alpha value is -6.59. The summed E-state index contributed by atoms with van der Waals surface area (Å²) in [6.45, 7) is 0. The first-order valence-electron chi connectivity index (χ1n) is 15.8. The van der Waals surface area contributed by atoms with Crippen molar-refractivity contribution in [2.24, 2.45) is 0 Å². The molecule has 48 heavy (non-hydrogen) atoms. The molecule has 0 aliphatic heterocycles. The highest BCUT2D eigenvalue weighted by atomic mass is 15.0. The van der Waals surface area contributed by atoms with Gasteiger partial charge >= 0.3 is 0 Å². The van der Waals surface area contributed by atoms with Crippen molar-refractivity contribution in [1.82, 2.24) is 24.9 Å². The van der Waals surface area contributed by atoms with E-state index in [0.717, 1.165) is 38.9 Å². The maximum Gasteiger partial charge on any atom is 0.164 e. The Morgan fingerprint density at radius 3 is 1.06 bits per heavy atom. The van der Waals surface area contributed by atoms with Crippen LogP contribution >= 0.6 is 0 Å². The summed E-state index contributed by atoms with van der Waals surface area (Å²) in [4.78, 5) is 23.1. The fourth-order valence-corrected chi connectivity index (χ4v) is 5.99. The first-order chi connectivity index (χ1) is 23.8. The van der Waals surface area contributed by atoms with Gasteiger partial charge in [0.05, 0.1) is 0 Å². The predicted molar refractivity (Wildman–Crippen MR) is 193 cm³/mol. The molecule has 0 atom stereocenters. The van der Waals surface area contributed by atoms with E-state index in [1.54, 1.807) is 24.8 Å². The van der Waals surface area contributed by atoms with Gasteiger partial charge in [-0.1, -0.05) is 115 Å². The van der Waals surface area contributed by atoms with Gasteiger partial charge in [-0.25, -0.2) is 15.0 Å². The molecule has 0 spiro atoms. The van der Waals surface area contributed by atoms with Crippen LogP contribution in [0.1, 0.15) is 0 Å². The minimum absolute atomic E-state index is 0.587. The van der Waals surface area contributed by atoms with Crippen LogP contribution in [0.5, 0.6) is 0 Å². The van der Waals surface area contributed by atoms with Gasteiger partial charge in [0.2, 0.25) is 0 Å². The molecule has 0 aliphatic carbocycles. The van der Waals surface area contributed by atoms with Gasteiger partial charge in [0.25, 0.3) is 0 Å². The number of aromatic nitrogens is 5. The number of hydrogen-bond donors (Lipinski definition) is 0. The third-order valence-electron chi connectivity index (χ3n) is 8.38. The highest BCUT2D eigenvalue weighted by molar-refractivity contribution is 5.92. The molecular weight excluding hydrogens is 587 g/mol. The third kappa shape index (κ3) is 5.88. The van der Waals surface area contributed by atoms with Gasteiger partial charge in [0.15, 0.2) is 17.5 Å². The molecule has 0 saturated heterocycles. The predicted octanol–water partition coefficient (Wildman–Crippen LogP) is 10.3. The van der Waals surface area contributed by atoms with Crippen molar-refractivity contribution in [2.45, 2.75) is 0 Å². The average Bonchev–Trinajstić information content (AvgIpc) is 3.19. The Morgan fingerprint density at radius 2 is 0.604 bits per heavy atom. The molecule has 8 aromatic rings. The Kier molecular flexibility index (Phi) is 7.83. The molecule has 3 heterocycles. The first-order valence-corrected chi connectivity index (χ1v) is 15.8. The minimum atomic E-state index is 0.587. The highest BCUT2D eigenvalue weighted by Crippen LogP contribution is 2.40. The molecule has 226 valence electrons. The Balaban J connectivity index is 1.31. The average molecular weight is 616 g/mol. The van der Waals surface area contributed by atoms with Crippen LogP contribution in [-0.4, -0.2) is 24.9 Å². The molecule has 3 aromatic heterocycles. The summed E-state index contributed by atoms with van der Waals surface area (Å²) < 4.78 is 0. The van der Waals surface area contributed by atoms with Gasteiger partial charge in [0, 0.05) is 41.5 Å². The van der Waals surface area contributed by atoms with Crippen molar-refractivity contribution in [3.8, 4) is 78.7 Å². The zero-order valence-electron chi connectivity index (χ0n) is 26.0. The number of benzene rings is 5. The van der Waals surface area contributed by atoms with Crippen LogP contribution in [0.4, 0.5) is 0 Å². The summed E-state index contributed by atoms with van der Waals surface area (Å²) >= 11 is 0. The lowest BCUT2D eigenvalue weighted by atomic mass is 9.88. The van der Waals surface area contributed by atoms with Crippen molar-refractivity contribution in [3.05, 3.63) is 176 Å². The van der Waals surface area contributed by atoms with E-state index in [1.807, 2.05) is 30.3 Å². The summed E-state index contributed by atoms with van der Waals surface area (Å²) in [5.41, 5.74) is 11.8. The smallest absolute Gasteiger partial charge is 0.164 e. The van der Waals surface area contributed by atoms with Gasteiger partial charge in [-0.2, -0.15) is 0 Å². The maximum absolute atomic E-state index is 4.97. The van der Waals surface area contributed by atoms with Crippen LogP contribution in [0.15, 0.2) is 176 Å². The highest BCUT2D eigenvalue weighted by Gasteiger charge is 2.17. The Labute approximate surface area is 279 Å². The summed E-state index contributed by atoms with van der Waals surface area (Å²) in [6, 6.07) is 52.6. The zero-order chi connectivity index (χ0) is 32.1. The molecule has 0 bridgehead atoms. The van der Waals surface area contributed by atoms with E-state index >= 15 is 0 Å². The fraction of sp³-hybridized carbons (Fsp3) is 0. The second-order valence-electron chi connectivity index (χ2n) is 11.4. The fourth-order valence-electron chi connectivity index (χ4n) is 5.99. The number of rotatable bonds is 7. The normalized spacial score (nSPS) is 10.9. The van der Waals surface area contributed by atoms with E-state index in [-0.39, 0.29) is 0 Å². The first kappa shape index (κ1) is 28.9. The maximum atomic E-state index is 4.97. The monoisotopic (exact) mass is 615 g/mol. The standard InChI is InChI=1S/C43H29N5/c1-4-10-30(11-5-1)37-18-16-35(28-39(37)31-12-6-2-7-13-31)38-19-17-36(29-40(38)32-14-8-3-9-15-32)43-47-41(33-20-24-44-25-21-33)46-42(48-43)34-22-26-45-27-23-34/h1-29H. The molecule has 0 saturated carbocycles. The molecular formula is C43H29N5. The van der Waals surface area contributed by atoms with Crippen molar-refractivity contribution >= 4 is 0 Å². The van der Waals surface area contributed by atoms with E-state index in [2.05, 4.69) is 131 Å². The van der Waals surface area contributed by atoms with Crippen LogP contribution in [0.3, 0.4) is 0 Å². The van der Waals surface area contributed by atoms with Crippen LogP contribution in [0.25, 0.3) is 78.7 Å². The SMILES string of the molecule is c1ccc(-c2ccc(-c3ccc(-c4nc(-c5ccncc5)nc(-c5ccncc5)n4)cc3-c3ccccc3)cc2-c2ccccc2)cc1. The molecule has 0 aliphatic rings. The molecule has 8 rings (SSSR count). The molecule has 5 heteroatoms. The van der Waals surface area contributed by atoms with Gasteiger partial charge in [-0.05, 0) is 80.9 Å². The minimum Gasteiger partial charge on any atom is -0.265 e. The Bertz CT molecular complexity index is 2250. The van der Waals surface area contributed by atoms with Crippen molar-refractivity contribution in [2.75, 3.05) is 0 Å². The molecule has 0 N–H and O–H groups in total. The van der Waals surface area contributed by atoms with Crippen LogP contribution in [-0.2, 0) is 0 Å². The summed E-state index contributed by atoms with van der Waals surface area (Å²) in [7, 11) is 0. The second-order valence-corrected chi connectivity index (χ2v) is 11.4. The van der Waals surface area contributed by atoms with Gasteiger partial charge in [0.1, 0.15) is 0 Å². The van der Waals surface area contributed by atoms with Gasteiger partial charge < -0.3 is 0 Å². The molecule has 0 radical (unpaired) electrons. The van der Waals surface area contributed by atoms with Gasteiger partial charge in [-0.3, -0.25) is 9.97 Å². The lowest BCUT2D eigenvalue weighted by molar-refractivity contribution is 1.07.